The minimum Gasteiger partial charge on any atom is -0.384 e. The normalized spacial score (nSPS) is 22.0. The molecule has 0 spiro atoms. The van der Waals surface area contributed by atoms with Crippen molar-refractivity contribution >= 4 is 11.6 Å². The molecule has 1 saturated heterocycles. The molecule has 1 aliphatic heterocycles. The Bertz CT molecular complexity index is 493. The Labute approximate surface area is 114 Å². The Morgan fingerprint density at radius 1 is 1.40 bits per heavy atom. The van der Waals surface area contributed by atoms with Gasteiger partial charge in [-0.15, -0.1) is 0 Å². The molecule has 1 heterocycles. The fraction of sp³-hybridized carbons (Fsp3) is 0.462. The number of methoxy groups -OCH3 is 1. The van der Waals surface area contributed by atoms with E-state index in [0.29, 0.717) is 19.5 Å². The molecule has 0 aliphatic carbocycles. The van der Waals surface area contributed by atoms with Crippen LogP contribution < -0.4 is 10.6 Å². The van der Waals surface area contributed by atoms with Crippen molar-refractivity contribution in [1.82, 2.24) is 5.32 Å². The number of hydrogen-bond donors (Lipinski definition) is 2. The number of halogens is 3. The summed E-state index contributed by atoms with van der Waals surface area (Å²) in [6.07, 6.45) is 0.554. The fourth-order valence-electron chi connectivity index (χ4n) is 2.29. The molecule has 2 N–H and O–H groups in total. The minimum absolute atomic E-state index is 0.117. The second-order valence-electron chi connectivity index (χ2n) is 4.85. The molecule has 1 atom stereocenters. The Morgan fingerprint density at radius 2 is 2.05 bits per heavy atom. The van der Waals surface area contributed by atoms with Crippen molar-refractivity contribution in [3.05, 3.63) is 29.6 Å². The van der Waals surface area contributed by atoms with Gasteiger partial charge in [-0.2, -0.15) is 0 Å². The average molecular weight is 288 g/mol. The Hall–Kier alpha value is -1.60. The summed E-state index contributed by atoms with van der Waals surface area (Å²) in [5, 5.41) is 5.46. The van der Waals surface area contributed by atoms with Crippen LogP contribution in [0.5, 0.6) is 0 Å². The molecular weight excluding hydrogens is 273 g/mol. The molecule has 1 fully saturated rings. The van der Waals surface area contributed by atoms with E-state index < -0.39 is 28.8 Å². The standard InChI is InChI=1S/C13H15F3N2O2/c1-20-7-13(2-3-17-6-13)12(19)18-8-4-9(14)11(16)10(15)5-8/h4-5,17H,2-3,6-7H2,1H3,(H,18,19). The van der Waals surface area contributed by atoms with Crippen molar-refractivity contribution in [2.24, 2.45) is 5.41 Å². The van der Waals surface area contributed by atoms with Gasteiger partial charge in [0.1, 0.15) is 0 Å². The molecule has 0 aromatic heterocycles. The van der Waals surface area contributed by atoms with E-state index in [2.05, 4.69) is 10.6 Å². The molecule has 1 aromatic carbocycles. The highest BCUT2D eigenvalue weighted by Gasteiger charge is 2.41. The number of amides is 1. The van der Waals surface area contributed by atoms with Crippen molar-refractivity contribution in [3.63, 3.8) is 0 Å². The summed E-state index contributed by atoms with van der Waals surface area (Å²) in [4.78, 5) is 12.3. The summed E-state index contributed by atoms with van der Waals surface area (Å²) in [7, 11) is 1.48. The smallest absolute Gasteiger partial charge is 0.234 e. The van der Waals surface area contributed by atoms with E-state index in [1.54, 1.807) is 0 Å². The summed E-state index contributed by atoms with van der Waals surface area (Å²) in [5.41, 5.74) is -0.899. The number of benzene rings is 1. The van der Waals surface area contributed by atoms with Crippen molar-refractivity contribution in [2.75, 3.05) is 32.1 Å². The number of rotatable bonds is 4. The van der Waals surface area contributed by atoms with Crippen LogP contribution in [0, 0.1) is 22.9 Å². The van der Waals surface area contributed by atoms with E-state index in [1.165, 1.54) is 7.11 Å². The molecule has 1 aromatic rings. The molecule has 0 bridgehead atoms. The van der Waals surface area contributed by atoms with E-state index in [4.69, 9.17) is 4.74 Å². The summed E-state index contributed by atoms with van der Waals surface area (Å²) in [6, 6.07) is 1.50. The van der Waals surface area contributed by atoms with E-state index in [9.17, 15) is 18.0 Å². The maximum atomic E-state index is 13.1. The average Bonchev–Trinajstić information content (AvgIpc) is 2.86. The van der Waals surface area contributed by atoms with Gasteiger partial charge in [0, 0.05) is 31.5 Å². The van der Waals surface area contributed by atoms with Crippen LogP contribution in [0.2, 0.25) is 0 Å². The Kier molecular flexibility index (Phi) is 4.29. The molecule has 110 valence electrons. The minimum atomic E-state index is -1.56. The lowest BCUT2D eigenvalue weighted by atomic mass is 9.87. The molecule has 1 unspecified atom stereocenters. The predicted molar refractivity (Wildman–Crippen MR) is 66.7 cm³/mol. The number of hydrogen-bond acceptors (Lipinski definition) is 3. The SMILES string of the molecule is COCC1(C(=O)Nc2cc(F)c(F)c(F)c2)CCNC1. The second-order valence-corrected chi connectivity index (χ2v) is 4.85. The van der Waals surface area contributed by atoms with Crippen molar-refractivity contribution in [1.29, 1.82) is 0 Å². The summed E-state index contributed by atoms with van der Waals surface area (Å²) in [6.45, 7) is 1.26. The summed E-state index contributed by atoms with van der Waals surface area (Å²) >= 11 is 0. The van der Waals surface area contributed by atoms with Gasteiger partial charge in [0.2, 0.25) is 5.91 Å². The van der Waals surface area contributed by atoms with Crippen LogP contribution in [-0.4, -0.2) is 32.7 Å². The number of anilines is 1. The zero-order valence-corrected chi connectivity index (χ0v) is 10.9. The molecule has 20 heavy (non-hydrogen) atoms. The van der Waals surface area contributed by atoms with Gasteiger partial charge in [0.25, 0.3) is 0 Å². The topological polar surface area (TPSA) is 50.4 Å². The first-order valence-electron chi connectivity index (χ1n) is 6.14. The van der Waals surface area contributed by atoms with E-state index in [1.807, 2.05) is 0 Å². The van der Waals surface area contributed by atoms with Crippen LogP contribution >= 0.6 is 0 Å². The van der Waals surface area contributed by atoms with Crippen molar-refractivity contribution < 1.29 is 22.7 Å². The van der Waals surface area contributed by atoms with E-state index in [0.717, 1.165) is 12.1 Å². The maximum absolute atomic E-state index is 13.1. The number of carbonyl (C=O) groups excluding carboxylic acids is 1. The quantitative estimate of drug-likeness (QED) is 0.829. The van der Waals surface area contributed by atoms with Crippen LogP contribution in [0.25, 0.3) is 0 Å². The van der Waals surface area contributed by atoms with Gasteiger partial charge >= 0.3 is 0 Å². The summed E-state index contributed by atoms with van der Waals surface area (Å²) < 4.78 is 44.1. The number of nitrogens with one attached hydrogen (secondary N) is 2. The predicted octanol–water partition coefficient (Wildman–Crippen LogP) is 1.67. The van der Waals surface area contributed by atoms with E-state index >= 15 is 0 Å². The van der Waals surface area contributed by atoms with Gasteiger partial charge in [-0.3, -0.25) is 4.79 Å². The monoisotopic (exact) mass is 288 g/mol. The molecule has 1 aliphatic rings. The molecule has 7 heteroatoms. The van der Waals surface area contributed by atoms with E-state index in [-0.39, 0.29) is 12.3 Å². The highest BCUT2D eigenvalue weighted by atomic mass is 19.2. The van der Waals surface area contributed by atoms with Gasteiger partial charge < -0.3 is 15.4 Å². The van der Waals surface area contributed by atoms with Gasteiger partial charge in [0.05, 0.1) is 12.0 Å². The first kappa shape index (κ1) is 14.8. The van der Waals surface area contributed by atoms with Crippen molar-refractivity contribution in [2.45, 2.75) is 6.42 Å². The molecular formula is C13H15F3N2O2. The lowest BCUT2D eigenvalue weighted by Crippen LogP contribution is -2.41. The second kappa shape index (κ2) is 5.80. The van der Waals surface area contributed by atoms with Gasteiger partial charge in [-0.05, 0) is 13.0 Å². The first-order chi connectivity index (χ1) is 9.48. The number of ether oxygens (including phenoxy) is 1. The molecule has 4 nitrogen and oxygen atoms in total. The largest absolute Gasteiger partial charge is 0.384 e. The van der Waals surface area contributed by atoms with Crippen LogP contribution in [0.1, 0.15) is 6.42 Å². The number of carbonyl (C=O) groups is 1. The Morgan fingerprint density at radius 3 is 2.55 bits per heavy atom. The molecule has 0 radical (unpaired) electrons. The third kappa shape index (κ3) is 2.78. The van der Waals surface area contributed by atoms with Crippen LogP contribution in [0.15, 0.2) is 12.1 Å². The van der Waals surface area contributed by atoms with Gasteiger partial charge in [-0.1, -0.05) is 0 Å². The van der Waals surface area contributed by atoms with Crippen LogP contribution in [0.3, 0.4) is 0 Å². The van der Waals surface area contributed by atoms with Gasteiger partial charge in [0.15, 0.2) is 17.5 Å². The Balaban J connectivity index is 2.18. The highest BCUT2D eigenvalue weighted by molar-refractivity contribution is 5.95. The molecule has 0 saturated carbocycles. The lowest BCUT2D eigenvalue weighted by molar-refractivity contribution is -0.127. The third-order valence-corrected chi connectivity index (χ3v) is 3.39. The van der Waals surface area contributed by atoms with Crippen molar-refractivity contribution in [3.8, 4) is 0 Å². The zero-order valence-electron chi connectivity index (χ0n) is 10.9. The first-order valence-corrected chi connectivity index (χ1v) is 6.14. The van der Waals surface area contributed by atoms with Crippen LogP contribution in [-0.2, 0) is 9.53 Å². The molecule has 2 rings (SSSR count). The van der Waals surface area contributed by atoms with Crippen LogP contribution in [0.4, 0.5) is 18.9 Å². The maximum Gasteiger partial charge on any atom is 0.234 e. The zero-order chi connectivity index (χ0) is 14.8. The third-order valence-electron chi connectivity index (χ3n) is 3.39. The molecule has 1 amide bonds. The fourth-order valence-corrected chi connectivity index (χ4v) is 2.29. The highest BCUT2D eigenvalue weighted by Crippen LogP contribution is 2.28. The summed E-state index contributed by atoms with van der Waals surface area (Å²) in [5.74, 6) is -4.65. The van der Waals surface area contributed by atoms with Gasteiger partial charge in [-0.25, -0.2) is 13.2 Å². The lowest BCUT2D eigenvalue weighted by Gasteiger charge is -2.25.